The number of furan rings is 2. The Balaban J connectivity index is 0.000000142. The molecule has 2 unspecified atom stereocenters. The summed E-state index contributed by atoms with van der Waals surface area (Å²) >= 11 is 0. The highest BCUT2D eigenvalue weighted by Gasteiger charge is 2.49. The van der Waals surface area contributed by atoms with Crippen LogP contribution in [0.25, 0.3) is 132 Å². The average molecular weight is 1560 g/mol. The van der Waals surface area contributed by atoms with Crippen LogP contribution in [0, 0.1) is 0 Å². The molecular weight excluding hydrogens is 1480 g/mol. The largest absolute Gasteiger partial charge is 0.456 e. The van der Waals surface area contributed by atoms with Crippen LogP contribution < -0.4 is 9.80 Å². The van der Waals surface area contributed by atoms with Crippen LogP contribution in [-0.2, 0) is 10.8 Å². The number of fused-ring (bicyclic) bond motifs is 14. The Bertz CT molecular complexity index is 7720. The zero-order valence-electron chi connectivity index (χ0n) is 66.7. The van der Waals surface area contributed by atoms with E-state index in [2.05, 4.69) is 471 Å². The molecule has 4 nitrogen and oxygen atoms in total. The van der Waals surface area contributed by atoms with Crippen molar-refractivity contribution in [2.75, 3.05) is 9.80 Å². The molecule has 0 amide bonds. The molecular formula is C118H78N2O2. The van der Waals surface area contributed by atoms with Gasteiger partial charge in [0.05, 0.1) is 10.8 Å². The van der Waals surface area contributed by atoms with Crippen LogP contribution in [0.1, 0.15) is 44.5 Å². The highest BCUT2D eigenvalue weighted by Crippen LogP contribution is 2.60. The molecule has 24 rings (SSSR count). The molecule has 0 saturated heterocycles. The Morgan fingerprint density at radius 3 is 0.959 bits per heavy atom. The van der Waals surface area contributed by atoms with Gasteiger partial charge in [-0.3, -0.25) is 0 Å². The van der Waals surface area contributed by atoms with Crippen molar-refractivity contribution in [1.29, 1.82) is 0 Å². The van der Waals surface area contributed by atoms with Crippen molar-refractivity contribution in [2.45, 2.75) is 10.8 Å². The molecule has 0 saturated carbocycles. The molecule has 2 aliphatic carbocycles. The van der Waals surface area contributed by atoms with E-state index in [4.69, 9.17) is 8.83 Å². The first-order valence-electron chi connectivity index (χ1n) is 42.0. The smallest absolute Gasteiger partial charge is 0.135 e. The second kappa shape index (κ2) is 29.6. The van der Waals surface area contributed by atoms with Crippen molar-refractivity contribution in [3.63, 3.8) is 0 Å². The predicted molar refractivity (Wildman–Crippen MR) is 508 cm³/mol. The van der Waals surface area contributed by atoms with Gasteiger partial charge < -0.3 is 18.6 Å². The van der Waals surface area contributed by atoms with Gasteiger partial charge in [-0.15, -0.1) is 0 Å². The first-order chi connectivity index (χ1) is 60.5. The number of para-hydroxylation sites is 2. The van der Waals surface area contributed by atoms with E-state index in [0.717, 1.165) is 78.0 Å². The van der Waals surface area contributed by atoms with Crippen LogP contribution in [0.15, 0.2) is 482 Å². The third-order valence-electron chi connectivity index (χ3n) is 25.5. The topological polar surface area (TPSA) is 32.8 Å². The minimum Gasteiger partial charge on any atom is -0.456 e. The number of benzene rings is 20. The molecule has 0 fully saturated rings. The Morgan fingerprint density at radius 2 is 0.484 bits per heavy atom. The van der Waals surface area contributed by atoms with Crippen molar-refractivity contribution < 1.29 is 8.83 Å². The molecule has 20 aromatic carbocycles. The summed E-state index contributed by atoms with van der Waals surface area (Å²) in [5.41, 5.74) is 33.2. The van der Waals surface area contributed by atoms with E-state index in [0.29, 0.717) is 0 Å². The summed E-state index contributed by atoms with van der Waals surface area (Å²) in [4.78, 5) is 4.81. The predicted octanol–water partition coefficient (Wildman–Crippen LogP) is 31.8. The lowest BCUT2D eigenvalue weighted by molar-refractivity contribution is 0.665. The molecule has 22 aromatic rings. The zero-order chi connectivity index (χ0) is 80.7. The number of anilines is 6. The molecule has 0 radical (unpaired) electrons. The molecule has 572 valence electrons. The van der Waals surface area contributed by atoms with Crippen molar-refractivity contribution >= 4 is 99.5 Å². The quantitative estimate of drug-likeness (QED) is 0.109. The summed E-state index contributed by atoms with van der Waals surface area (Å²) in [6.45, 7) is 0. The van der Waals surface area contributed by atoms with Crippen LogP contribution in [0.5, 0.6) is 0 Å². The fourth-order valence-electron chi connectivity index (χ4n) is 19.9. The maximum atomic E-state index is 6.59. The maximum Gasteiger partial charge on any atom is 0.135 e. The molecule has 0 N–H and O–H groups in total. The molecule has 0 spiro atoms. The van der Waals surface area contributed by atoms with Crippen molar-refractivity contribution in [2.24, 2.45) is 0 Å². The fraction of sp³-hybridized carbons (Fsp3) is 0.0169. The van der Waals surface area contributed by atoms with Gasteiger partial charge in [0.15, 0.2) is 0 Å². The highest BCUT2D eigenvalue weighted by molar-refractivity contribution is 6.07. The van der Waals surface area contributed by atoms with Crippen molar-refractivity contribution in [3.05, 3.63) is 518 Å². The lowest BCUT2D eigenvalue weighted by atomic mass is 9.67. The second-order valence-corrected chi connectivity index (χ2v) is 32.1. The SMILES string of the molecule is c1ccc(-c2ccc(N(c3ccc(-c4ccc5ccccc5c4)cc3)c3ccc4c(c3)C(c3ccccc3)(c3ccc5c(c3)oc3ccccc35)c3ccccc3-4)cc2)cc1.c1ccc(-c2ccc(N(c3ccc(-c4cccc5ccccc45)cc3)c3ccc4c(c3)C(c3ccccc3)(c3ccc5c(c3)oc3ccccc35)c3ccccc3-4)cc2)cc1. The summed E-state index contributed by atoms with van der Waals surface area (Å²) in [6.07, 6.45) is 0. The van der Waals surface area contributed by atoms with Crippen molar-refractivity contribution in [1.82, 2.24) is 0 Å². The normalized spacial score (nSPS) is 14.3. The zero-order valence-corrected chi connectivity index (χ0v) is 66.7. The number of rotatable bonds is 14. The van der Waals surface area contributed by atoms with Crippen LogP contribution in [0.3, 0.4) is 0 Å². The van der Waals surface area contributed by atoms with E-state index in [1.165, 1.54) is 133 Å². The summed E-state index contributed by atoms with van der Waals surface area (Å²) in [7, 11) is 0. The van der Waals surface area contributed by atoms with Crippen molar-refractivity contribution in [3.8, 4) is 66.8 Å². The Morgan fingerprint density at radius 1 is 0.156 bits per heavy atom. The highest BCUT2D eigenvalue weighted by atomic mass is 16.3. The molecule has 2 heterocycles. The van der Waals surface area contributed by atoms with E-state index in [-0.39, 0.29) is 0 Å². The number of nitrogens with zero attached hydrogens (tertiary/aromatic N) is 2. The lowest BCUT2D eigenvalue weighted by Crippen LogP contribution is -2.28. The van der Waals surface area contributed by atoms with E-state index >= 15 is 0 Å². The van der Waals surface area contributed by atoms with Crippen LogP contribution in [0.4, 0.5) is 34.1 Å². The van der Waals surface area contributed by atoms with Gasteiger partial charge in [-0.2, -0.15) is 0 Å². The number of hydrogen-bond acceptors (Lipinski definition) is 4. The van der Waals surface area contributed by atoms with Crippen LogP contribution in [-0.4, -0.2) is 0 Å². The third-order valence-corrected chi connectivity index (χ3v) is 25.5. The monoisotopic (exact) mass is 1550 g/mol. The Hall–Kier alpha value is -15.9. The van der Waals surface area contributed by atoms with Gasteiger partial charge in [-0.25, -0.2) is 0 Å². The molecule has 0 aliphatic heterocycles. The van der Waals surface area contributed by atoms with Gasteiger partial charge in [-0.1, -0.05) is 370 Å². The van der Waals surface area contributed by atoms with E-state index < -0.39 is 10.8 Å². The van der Waals surface area contributed by atoms with Gasteiger partial charge in [0, 0.05) is 55.7 Å². The summed E-state index contributed by atoms with van der Waals surface area (Å²) in [6, 6.07) is 172. The molecule has 2 aromatic heterocycles. The molecule has 2 atom stereocenters. The average Bonchev–Trinajstić information content (AvgIpc) is 1.51. The van der Waals surface area contributed by atoms with Gasteiger partial charge in [0.2, 0.25) is 0 Å². The van der Waals surface area contributed by atoms with Gasteiger partial charge in [0.25, 0.3) is 0 Å². The van der Waals surface area contributed by atoms with E-state index in [9.17, 15) is 0 Å². The second-order valence-electron chi connectivity index (χ2n) is 32.1. The van der Waals surface area contributed by atoms with Gasteiger partial charge in [-0.05, 0) is 236 Å². The maximum absolute atomic E-state index is 6.59. The minimum absolute atomic E-state index is 0.612. The number of hydrogen-bond donors (Lipinski definition) is 0. The summed E-state index contributed by atoms with van der Waals surface area (Å²) in [5, 5.41) is 9.49. The van der Waals surface area contributed by atoms with E-state index in [1.807, 2.05) is 12.1 Å². The fourth-order valence-corrected chi connectivity index (χ4v) is 19.9. The Kier molecular flexibility index (Phi) is 17.3. The molecule has 122 heavy (non-hydrogen) atoms. The van der Waals surface area contributed by atoms with Crippen LogP contribution in [0.2, 0.25) is 0 Å². The third kappa shape index (κ3) is 11.9. The van der Waals surface area contributed by atoms with Gasteiger partial charge in [0.1, 0.15) is 22.3 Å². The molecule has 0 bridgehead atoms. The first-order valence-corrected chi connectivity index (χ1v) is 42.0. The first kappa shape index (κ1) is 71.4. The van der Waals surface area contributed by atoms with Crippen LogP contribution >= 0.6 is 0 Å². The minimum atomic E-state index is -0.614. The summed E-state index contributed by atoms with van der Waals surface area (Å²) in [5.74, 6) is 0. The lowest BCUT2D eigenvalue weighted by Gasteiger charge is -2.35. The van der Waals surface area contributed by atoms with Gasteiger partial charge >= 0.3 is 0 Å². The standard InChI is InChI=1S/2C59H39NO/c1-3-14-40(15-4-1)41-26-31-46(32-27-41)60(47-33-28-43(29-34-47)50-23-13-17-42-16-7-8-20-49(42)50)48-35-37-52-51-21-9-11-24-55(51)59(56(52)39-48,44-18-5-2-6-19-44)45-30-36-54-53-22-10-12-25-57(53)61-58(54)38-45;1-3-13-40(14-4-1)42-25-30-48(31-26-42)60(49-32-27-43(28-33-49)45-24-23-41-15-7-8-16-44(41)37-45)50-34-36-52-51-19-9-11-21-55(51)59(56(52)39-50,46-17-5-2-6-18-46)47-29-35-54-53-20-10-12-22-57(53)61-58(54)38-47/h2*1-39H. The Labute approximate surface area is 708 Å². The van der Waals surface area contributed by atoms with E-state index in [1.54, 1.807) is 0 Å². The molecule has 2 aliphatic rings. The molecule has 4 heteroatoms. The summed E-state index contributed by atoms with van der Waals surface area (Å²) < 4.78 is 13.2.